The zero-order chi connectivity index (χ0) is 19.8. The van der Waals surface area contributed by atoms with Gasteiger partial charge >= 0.3 is 5.97 Å². The van der Waals surface area contributed by atoms with Crippen molar-refractivity contribution in [1.82, 2.24) is 0 Å². The highest BCUT2D eigenvalue weighted by Crippen LogP contribution is 2.58. The summed E-state index contributed by atoms with van der Waals surface area (Å²) >= 11 is 0. The largest absolute Gasteiger partial charge is 0.472 e. The lowest BCUT2D eigenvalue weighted by atomic mass is 9.49. The molecular formula is C21H28O6. The van der Waals surface area contributed by atoms with Crippen LogP contribution in [0.4, 0.5) is 0 Å². The van der Waals surface area contributed by atoms with Crippen LogP contribution in [0, 0.1) is 23.2 Å². The van der Waals surface area contributed by atoms with Crippen molar-refractivity contribution in [2.45, 2.75) is 51.7 Å². The van der Waals surface area contributed by atoms with Gasteiger partial charge in [-0.25, -0.2) is 0 Å². The van der Waals surface area contributed by atoms with Gasteiger partial charge in [0.1, 0.15) is 6.26 Å². The van der Waals surface area contributed by atoms with Crippen molar-refractivity contribution in [3.05, 3.63) is 36.3 Å². The first-order valence-corrected chi connectivity index (χ1v) is 9.46. The van der Waals surface area contributed by atoms with Gasteiger partial charge in [0.05, 0.1) is 30.6 Å². The molecule has 0 radical (unpaired) electrons. The van der Waals surface area contributed by atoms with Crippen LogP contribution < -0.4 is 0 Å². The van der Waals surface area contributed by atoms with E-state index in [1.807, 2.05) is 0 Å². The number of fused-ring (bicyclic) bond motifs is 1. The predicted octanol–water partition coefficient (Wildman–Crippen LogP) is 2.75. The van der Waals surface area contributed by atoms with Gasteiger partial charge in [0.25, 0.3) is 0 Å². The second-order valence-electron chi connectivity index (χ2n) is 8.23. The van der Waals surface area contributed by atoms with E-state index in [-0.39, 0.29) is 36.6 Å². The number of allylic oxidation sites excluding steroid dienone is 1. The summed E-state index contributed by atoms with van der Waals surface area (Å²) in [5, 5.41) is 21.1. The molecule has 0 spiro atoms. The van der Waals surface area contributed by atoms with E-state index in [0.717, 1.165) is 18.4 Å². The van der Waals surface area contributed by atoms with E-state index in [2.05, 4.69) is 13.5 Å². The molecule has 1 aromatic rings. The van der Waals surface area contributed by atoms with Gasteiger partial charge < -0.3 is 19.4 Å². The molecule has 0 aliphatic heterocycles. The Morgan fingerprint density at radius 3 is 2.78 bits per heavy atom. The van der Waals surface area contributed by atoms with Crippen LogP contribution in [-0.2, 0) is 9.53 Å². The summed E-state index contributed by atoms with van der Waals surface area (Å²) in [7, 11) is 0. The number of hydrogen-bond donors (Lipinski definition) is 2. The molecule has 0 amide bonds. The Morgan fingerprint density at radius 2 is 2.15 bits per heavy atom. The van der Waals surface area contributed by atoms with Crippen LogP contribution in [0.2, 0.25) is 0 Å². The summed E-state index contributed by atoms with van der Waals surface area (Å²) in [4.78, 5) is 24.0. The molecule has 2 aliphatic carbocycles. The molecule has 0 aromatic carbocycles. The van der Waals surface area contributed by atoms with Crippen molar-refractivity contribution in [3.8, 4) is 0 Å². The SMILES string of the molecule is C=C1CC[C@@H]2[C@H](COC(C)=O)[C@H](O)[C@H](O)C[C@@]2(C)[C@@H]1CC(=O)c1ccoc1. The summed E-state index contributed by atoms with van der Waals surface area (Å²) < 4.78 is 10.2. The lowest BCUT2D eigenvalue weighted by Gasteiger charge is -2.56. The summed E-state index contributed by atoms with van der Waals surface area (Å²) in [6.07, 6.45) is 3.26. The van der Waals surface area contributed by atoms with Crippen molar-refractivity contribution >= 4 is 11.8 Å². The average molecular weight is 376 g/mol. The highest BCUT2D eigenvalue weighted by atomic mass is 16.5. The van der Waals surface area contributed by atoms with Gasteiger partial charge in [0, 0.05) is 19.3 Å². The minimum atomic E-state index is -0.945. The van der Waals surface area contributed by atoms with Crippen molar-refractivity contribution in [2.75, 3.05) is 6.61 Å². The maximum Gasteiger partial charge on any atom is 0.302 e. The first kappa shape index (κ1) is 19.8. The van der Waals surface area contributed by atoms with Gasteiger partial charge in [-0.3, -0.25) is 9.59 Å². The summed E-state index contributed by atoms with van der Waals surface area (Å²) in [6, 6.07) is 1.65. The second-order valence-corrected chi connectivity index (χ2v) is 8.23. The van der Waals surface area contributed by atoms with Crippen LogP contribution in [0.15, 0.2) is 35.2 Å². The Bertz CT molecular complexity index is 708. The maximum atomic E-state index is 12.7. The Balaban J connectivity index is 1.87. The minimum Gasteiger partial charge on any atom is -0.472 e. The van der Waals surface area contributed by atoms with E-state index in [1.165, 1.54) is 19.5 Å². The van der Waals surface area contributed by atoms with Crippen LogP contribution >= 0.6 is 0 Å². The van der Waals surface area contributed by atoms with Crippen LogP contribution in [0.1, 0.15) is 49.9 Å². The van der Waals surface area contributed by atoms with Gasteiger partial charge in [-0.2, -0.15) is 0 Å². The molecule has 0 saturated heterocycles. The number of ketones is 1. The first-order valence-electron chi connectivity index (χ1n) is 9.46. The number of hydrogen-bond acceptors (Lipinski definition) is 6. The molecule has 6 nitrogen and oxygen atoms in total. The highest BCUT2D eigenvalue weighted by molar-refractivity contribution is 5.96. The number of ether oxygens (including phenoxy) is 1. The number of rotatable bonds is 5. The number of aliphatic hydroxyl groups is 2. The number of esters is 1. The summed E-state index contributed by atoms with van der Waals surface area (Å²) in [6.45, 7) is 7.67. The molecule has 1 heterocycles. The van der Waals surface area contributed by atoms with Crippen LogP contribution in [0.25, 0.3) is 0 Å². The van der Waals surface area contributed by atoms with Crippen molar-refractivity contribution < 1.29 is 29.0 Å². The average Bonchev–Trinajstić information content (AvgIpc) is 3.13. The van der Waals surface area contributed by atoms with Gasteiger partial charge in [0.2, 0.25) is 0 Å². The number of Topliss-reactive ketones (excluding diaryl/α,β-unsaturated/α-hetero) is 1. The van der Waals surface area contributed by atoms with E-state index in [1.54, 1.807) is 6.07 Å². The van der Waals surface area contributed by atoms with Gasteiger partial charge in [-0.15, -0.1) is 0 Å². The van der Waals surface area contributed by atoms with Crippen molar-refractivity contribution in [1.29, 1.82) is 0 Å². The standard InChI is InChI=1S/C21H28O6/c1-12-4-5-16-15(11-27-13(2)22)20(25)19(24)9-21(16,3)17(12)8-18(23)14-6-7-26-10-14/h6-7,10,15-17,19-20,24-25H,1,4-5,8-9,11H2,2-3H3/t15-,16+,17+,19+,20-,21+/m0/s1. The fourth-order valence-electron chi connectivity index (χ4n) is 5.19. The van der Waals surface area contributed by atoms with E-state index < -0.39 is 23.6 Å². The molecule has 6 heteroatoms. The lowest BCUT2D eigenvalue weighted by molar-refractivity contribution is -0.168. The lowest BCUT2D eigenvalue weighted by Crippen LogP contribution is -2.57. The second kappa shape index (κ2) is 7.60. The van der Waals surface area contributed by atoms with Gasteiger partial charge in [-0.1, -0.05) is 19.1 Å². The molecule has 27 heavy (non-hydrogen) atoms. The Labute approximate surface area is 159 Å². The number of furan rings is 1. The van der Waals surface area contributed by atoms with Crippen LogP contribution in [0.3, 0.4) is 0 Å². The zero-order valence-corrected chi connectivity index (χ0v) is 15.9. The molecule has 2 aliphatic rings. The van der Waals surface area contributed by atoms with E-state index in [4.69, 9.17) is 9.15 Å². The summed E-state index contributed by atoms with van der Waals surface area (Å²) in [5.74, 6) is -0.865. The molecule has 0 unspecified atom stereocenters. The van der Waals surface area contributed by atoms with Crippen LogP contribution in [0.5, 0.6) is 0 Å². The molecular weight excluding hydrogens is 348 g/mol. The Hall–Kier alpha value is -1.92. The zero-order valence-electron chi connectivity index (χ0n) is 15.9. The molecule has 2 N–H and O–H groups in total. The molecule has 3 rings (SSSR count). The molecule has 2 saturated carbocycles. The molecule has 6 atom stereocenters. The number of carbonyl (C=O) groups is 2. The third-order valence-electron chi connectivity index (χ3n) is 6.62. The Morgan fingerprint density at radius 1 is 1.41 bits per heavy atom. The third-order valence-corrected chi connectivity index (χ3v) is 6.62. The molecule has 2 fully saturated rings. The smallest absolute Gasteiger partial charge is 0.302 e. The first-order chi connectivity index (χ1) is 12.7. The Kier molecular flexibility index (Phi) is 5.58. The summed E-state index contributed by atoms with van der Waals surface area (Å²) in [5.41, 5.74) is 1.12. The fraction of sp³-hybridized carbons (Fsp3) is 0.619. The van der Waals surface area contributed by atoms with E-state index >= 15 is 0 Å². The topological polar surface area (TPSA) is 97.0 Å². The normalized spacial score (nSPS) is 36.1. The van der Waals surface area contributed by atoms with E-state index in [0.29, 0.717) is 12.0 Å². The van der Waals surface area contributed by atoms with Gasteiger partial charge in [-0.05, 0) is 42.6 Å². The molecule has 148 valence electrons. The van der Waals surface area contributed by atoms with Crippen LogP contribution in [-0.4, -0.2) is 40.8 Å². The van der Waals surface area contributed by atoms with E-state index in [9.17, 15) is 19.8 Å². The van der Waals surface area contributed by atoms with Crippen molar-refractivity contribution in [3.63, 3.8) is 0 Å². The quantitative estimate of drug-likeness (QED) is 0.466. The monoisotopic (exact) mass is 376 g/mol. The third kappa shape index (κ3) is 3.73. The maximum absolute atomic E-state index is 12.7. The number of carbonyl (C=O) groups excluding carboxylic acids is 2. The minimum absolute atomic E-state index is 0.0195. The highest BCUT2D eigenvalue weighted by Gasteiger charge is 2.56. The fourth-order valence-corrected chi connectivity index (χ4v) is 5.19. The van der Waals surface area contributed by atoms with Gasteiger partial charge in [0.15, 0.2) is 5.78 Å². The molecule has 1 aromatic heterocycles. The molecule has 0 bridgehead atoms. The van der Waals surface area contributed by atoms with Crippen molar-refractivity contribution in [2.24, 2.45) is 23.2 Å². The number of aliphatic hydroxyl groups excluding tert-OH is 2. The predicted molar refractivity (Wildman–Crippen MR) is 97.9 cm³/mol.